The summed E-state index contributed by atoms with van der Waals surface area (Å²) < 4.78 is 67.3. The van der Waals surface area contributed by atoms with E-state index in [2.05, 4.69) is 12.1 Å². The van der Waals surface area contributed by atoms with E-state index in [9.17, 15) is 60.8 Å². The topological polar surface area (TPSA) is 254 Å². The maximum atomic E-state index is 13.6. The van der Waals surface area contributed by atoms with Gasteiger partial charge in [0.15, 0.2) is 0 Å². The van der Waals surface area contributed by atoms with Gasteiger partial charge in [-0.25, -0.2) is 30.8 Å². The van der Waals surface area contributed by atoms with Gasteiger partial charge in [0, 0.05) is 37.6 Å². The fourth-order valence-corrected chi connectivity index (χ4v) is 12.0. The largest absolute Gasteiger partial charge is 0.507 e. The van der Waals surface area contributed by atoms with Crippen LogP contribution >= 0.6 is 0 Å². The number of hydrogen-bond acceptors (Lipinski definition) is 11. The lowest BCUT2D eigenvalue weighted by Gasteiger charge is -2.27. The monoisotopic (exact) mass is 1120 g/mol. The minimum atomic E-state index is -4.09. The molecule has 0 atom stereocenters. The van der Waals surface area contributed by atoms with E-state index in [1.165, 1.54) is 134 Å². The van der Waals surface area contributed by atoms with E-state index < -0.39 is 74.2 Å². The first-order valence-corrected chi connectivity index (χ1v) is 28.6. The third kappa shape index (κ3) is 14.8. The molecule has 0 bridgehead atoms. The minimum Gasteiger partial charge on any atom is -0.507 e. The molecule has 0 heterocycles. The van der Waals surface area contributed by atoms with E-state index in [0.29, 0.717) is 17.4 Å². The second-order valence-corrected chi connectivity index (χ2v) is 23.8. The SMILES string of the molecule is CN(CC(=O)N(Cc1ccc(C2CCCCC2)cc1)c1ccc(C(=O)O)c(O)c1)S(=O)(=O)c1ccc(C#N)cc1.CN(CC(=O)N(Cc1ccc(C2CCCCC2)cc1)c1ccc(C(=O)O)c(O)c1)S(=O)(=O)c1ccc(F)cc1. The molecule has 79 heavy (non-hydrogen) atoms. The molecule has 0 saturated heterocycles. The normalized spacial score (nSPS) is 14.2. The second kappa shape index (κ2) is 26.1. The van der Waals surface area contributed by atoms with Crippen molar-refractivity contribution in [2.24, 2.45) is 0 Å². The van der Waals surface area contributed by atoms with Crippen LogP contribution in [-0.2, 0) is 42.7 Å². The molecule has 0 spiro atoms. The molecule has 0 unspecified atom stereocenters. The van der Waals surface area contributed by atoms with Crippen LogP contribution in [0.15, 0.2) is 143 Å². The predicted molar refractivity (Wildman–Crippen MR) is 294 cm³/mol. The lowest BCUT2D eigenvalue weighted by atomic mass is 9.84. The minimum absolute atomic E-state index is 0.0601. The first-order valence-electron chi connectivity index (χ1n) is 25.8. The average molecular weight is 1120 g/mol. The summed E-state index contributed by atoms with van der Waals surface area (Å²) in [6, 6.07) is 35.1. The number of likely N-dealkylation sites (N-methyl/N-ethyl adjacent to an activating group) is 2. The van der Waals surface area contributed by atoms with Crippen molar-refractivity contribution in [3.63, 3.8) is 0 Å². The fourth-order valence-electron chi connectivity index (χ4n) is 9.80. The zero-order valence-corrected chi connectivity index (χ0v) is 45.4. The Kier molecular flexibility index (Phi) is 19.4. The molecular formula is C59H62FN5O12S2. The van der Waals surface area contributed by atoms with Gasteiger partial charge >= 0.3 is 11.9 Å². The van der Waals surface area contributed by atoms with Crippen molar-refractivity contribution in [3.05, 3.63) is 178 Å². The second-order valence-electron chi connectivity index (χ2n) is 19.7. The highest BCUT2D eigenvalue weighted by Crippen LogP contribution is 2.35. The predicted octanol–water partition coefficient (Wildman–Crippen LogP) is 9.99. The van der Waals surface area contributed by atoms with Gasteiger partial charge in [0.05, 0.1) is 47.6 Å². The number of carbonyl (C=O) groups excluding carboxylic acids is 2. The quantitative estimate of drug-likeness (QED) is 0.0626. The lowest BCUT2D eigenvalue weighted by molar-refractivity contribution is -0.119. The summed E-state index contributed by atoms with van der Waals surface area (Å²) >= 11 is 0. The number of carboxylic acid groups (broad SMARTS) is 2. The van der Waals surface area contributed by atoms with Crippen molar-refractivity contribution < 1.29 is 60.8 Å². The van der Waals surface area contributed by atoms with Gasteiger partial charge in [-0.2, -0.15) is 13.9 Å². The van der Waals surface area contributed by atoms with Crippen LogP contribution in [0.1, 0.15) is 125 Å². The van der Waals surface area contributed by atoms with E-state index in [1.54, 1.807) is 0 Å². The van der Waals surface area contributed by atoms with Gasteiger partial charge < -0.3 is 30.2 Å². The van der Waals surface area contributed by atoms with Crippen molar-refractivity contribution >= 4 is 55.2 Å². The number of anilines is 2. The van der Waals surface area contributed by atoms with Crippen LogP contribution in [-0.4, -0.2) is 96.8 Å². The standard InChI is InChI=1S/C30H31N3O6S.C29H31FN2O6S/c1-32(40(38,39)26-14-9-21(18-31)10-15-26)20-29(35)33(25-13-16-27(30(36)37)28(34)17-25)19-22-7-11-24(12-8-22)23-5-3-2-4-6-23;1-31(39(37,38)25-14-11-23(30)12-15-25)19-28(34)32(24-13-16-26(29(35)36)27(33)17-24)18-20-7-9-22(10-8-20)21-5-3-2-4-6-21/h7-17,23,34H,2-6,19-20H2,1H3,(H,36,37);7-17,21,33H,2-6,18-19H2,1H3,(H,35,36). The van der Waals surface area contributed by atoms with Crippen molar-refractivity contribution in [1.29, 1.82) is 5.26 Å². The Morgan fingerprint density at radius 3 is 1.22 bits per heavy atom. The molecule has 2 saturated carbocycles. The molecule has 8 rings (SSSR count). The zero-order valence-electron chi connectivity index (χ0n) is 43.7. The molecule has 0 aliphatic heterocycles. The smallest absolute Gasteiger partial charge is 0.339 e. The van der Waals surface area contributed by atoms with Gasteiger partial charge in [-0.05, 0) is 133 Å². The van der Waals surface area contributed by atoms with Crippen molar-refractivity contribution in [3.8, 4) is 17.6 Å². The number of aromatic hydroxyl groups is 2. The van der Waals surface area contributed by atoms with E-state index in [0.717, 1.165) is 69.7 Å². The van der Waals surface area contributed by atoms with Gasteiger partial charge in [0.1, 0.15) is 28.4 Å². The summed E-state index contributed by atoms with van der Waals surface area (Å²) in [6.07, 6.45) is 11.9. The third-order valence-corrected chi connectivity index (χ3v) is 18.0. The van der Waals surface area contributed by atoms with Crippen LogP contribution < -0.4 is 9.80 Å². The number of carboxylic acids is 2. The van der Waals surface area contributed by atoms with Crippen LogP contribution in [0.4, 0.5) is 15.8 Å². The Labute approximate surface area is 459 Å². The van der Waals surface area contributed by atoms with Gasteiger partial charge in [0.25, 0.3) is 0 Å². The summed E-state index contributed by atoms with van der Waals surface area (Å²) in [5.41, 5.74) is 4.19. The number of aromatic carboxylic acids is 2. The van der Waals surface area contributed by atoms with E-state index in [-0.39, 0.29) is 45.4 Å². The van der Waals surface area contributed by atoms with Gasteiger partial charge in [-0.1, -0.05) is 87.1 Å². The molecule has 2 aliphatic rings. The first kappa shape index (κ1) is 58.7. The number of rotatable bonds is 18. The maximum Gasteiger partial charge on any atom is 0.339 e. The molecule has 414 valence electrons. The van der Waals surface area contributed by atoms with Crippen LogP contribution in [0.3, 0.4) is 0 Å². The van der Waals surface area contributed by atoms with Gasteiger partial charge in [0.2, 0.25) is 31.9 Å². The third-order valence-electron chi connectivity index (χ3n) is 14.4. The molecule has 17 nitrogen and oxygen atoms in total. The average Bonchev–Trinajstić information content (AvgIpc) is 3.45. The molecule has 0 radical (unpaired) electrons. The molecule has 0 aromatic heterocycles. The number of halogens is 1. The number of benzene rings is 6. The number of phenols is 2. The maximum absolute atomic E-state index is 13.6. The molecule has 2 aliphatic carbocycles. The number of nitrogens with zero attached hydrogens (tertiary/aromatic N) is 5. The van der Waals surface area contributed by atoms with Crippen molar-refractivity contribution in [1.82, 2.24) is 8.61 Å². The van der Waals surface area contributed by atoms with E-state index in [4.69, 9.17) is 5.26 Å². The summed E-state index contributed by atoms with van der Waals surface area (Å²) in [7, 11) is -5.60. The fraction of sp³-hybridized carbons (Fsp3) is 0.305. The molecule has 6 aromatic carbocycles. The summed E-state index contributed by atoms with van der Waals surface area (Å²) in [5, 5.41) is 48.1. The Morgan fingerprint density at radius 1 is 0.532 bits per heavy atom. The molecular weight excluding hydrogens is 1050 g/mol. The summed E-state index contributed by atoms with van der Waals surface area (Å²) in [4.78, 5) is 52.2. The zero-order chi connectivity index (χ0) is 57.0. The Balaban J connectivity index is 0.000000229. The van der Waals surface area contributed by atoms with Gasteiger partial charge in [-0.15, -0.1) is 0 Å². The molecule has 2 amide bonds. The lowest BCUT2D eigenvalue weighted by Crippen LogP contribution is -2.41. The molecule has 4 N–H and O–H groups in total. The Hall–Kier alpha value is -7.96. The highest BCUT2D eigenvalue weighted by atomic mass is 32.2. The Morgan fingerprint density at radius 2 is 0.886 bits per heavy atom. The molecule has 20 heteroatoms. The number of carbonyl (C=O) groups is 4. The number of nitriles is 1. The van der Waals surface area contributed by atoms with Crippen molar-refractivity contribution in [2.75, 3.05) is 37.0 Å². The summed E-state index contributed by atoms with van der Waals surface area (Å²) in [6.45, 7) is -0.897. The highest BCUT2D eigenvalue weighted by Gasteiger charge is 2.29. The Bertz CT molecular complexity index is 3420. The van der Waals surface area contributed by atoms with Crippen molar-refractivity contribution in [2.45, 2.75) is 98.9 Å². The molecule has 2 fully saturated rings. The molecule has 6 aromatic rings. The van der Waals surface area contributed by atoms with E-state index in [1.807, 2.05) is 42.5 Å². The first-order chi connectivity index (χ1) is 37.7. The van der Waals surface area contributed by atoms with Crippen LogP contribution in [0, 0.1) is 17.1 Å². The summed E-state index contributed by atoms with van der Waals surface area (Å²) in [5.74, 6) is -4.38. The highest BCUT2D eigenvalue weighted by molar-refractivity contribution is 7.89. The number of hydrogen-bond donors (Lipinski definition) is 4. The number of sulfonamides is 2. The van der Waals surface area contributed by atoms with Gasteiger partial charge in [-0.3, -0.25) is 9.59 Å². The van der Waals surface area contributed by atoms with Crippen LogP contribution in [0.2, 0.25) is 0 Å². The van der Waals surface area contributed by atoms with Crippen LogP contribution in [0.25, 0.3) is 0 Å². The number of amides is 2. The van der Waals surface area contributed by atoms with E-state index >= 15 is 0 Å². The van der Waals surface area contributed by atoms with Crippen LogP contribution in [0.5, 0.6) is 11.5 Å².